The van der Waals surface area contributed by atoms with Crippen LogP contribution in [-0.4, -0.2) is 24.1 Å². The van der Waals surface area contributed by atoms with Gasteiger partial charge in [0.05, 0.1) is 6.61 Å². The van der Waals surface area contributed by atoms with E-state index in [1.807, 2.05) is 0 Å². The summed E-state index contributed by atoms with van der Waals surface area (Å²) in [7, 11) is 0. The first-order valence-corrected chi connectivity index (χ1v) is 5.55. The molecule has 18 heavy (non-hydrogen) atoms. The van der Waals surface area contributed by atoms with Crippen LogP contribution in [-0.2, 0) is 0 Å². The Balaban J connectivity index is 2.87. The Bertz CT molecular complexity index is 382. The van der Waals surface area contributed by atoms with Crippen LogP contribution in [0.25, 0.3) is 0 Å². The van der Waals surface area contributed by atoms with E-state index in [9.17, 15) is 13.2 Å². The normalized spacial score (nSPS) is 15.2. The van der Waals surface area contributed by atoms with Crippen LogP contribution in [0.15, 0.2) is 24.3 Å². The minimum absolute atomic E-state index is 0.0906. The molecule has 1 aromatic carbocycles. The molecule has 0 radical (unpaired) electrons. The van der Waals surface area contributed by atoms with E-state index in [0.29, 0.717) is 5.56 Å². The lowest BCUT2D eigenvalue weighted by Gasteiger charge is -2.21. The minimum Gasteiger partial charge on any atom is -0.405 e. The van der Waals surface area contributed by atoms with Crippen molar-refractivity contribution in [3.05, 3.63) is 29.8 Å². The number of nitrogens with one attached hydrogen (secondary N) is 1. The number of alkyl halides is 3. The van der Waals surface area contributed by atoms with Crippen LogP contribution in [0.1, 0.15) is 25.5 Å². The van der Waals surface area contributed by atoms with Crippen LogP contribution < -0.4 is 10.1 Å². The lowest BCUT2D eigenvalue weighted by Crippen LogP contribution is -2.32. The molecule has 0 saturated carbocycles. The van der Waals surface area contributed by atoms with E-state index < -0.39 is 6.36 Å². The van der Waals surface area contributed by atoms with Crippen LogP contribution in [0.3, 0.4) is 0 Å². The number of aliphatic hydroxyl groups excluding tert-OH is 1. The molecule has 0 spiro atoms. The number of hydrogen-bond acceptors (Lipinski definition) is 3. The molecule has 1 aromatic rings. The third kappa shape index (κ3) is 4.54. The van der Waals surface area contributed by atoms with Crippen molar-refractivity contribution in [3.63, 3.8) is 0 Å². The van der Waals surface area contributed by atoms with Crippen molar-refractivity contribution in [2.24, 2.45) is 0 Å². The first-order valence-electron chi connectivity index (χ1n) is 5.55. The van der Waals surface area contributed by atoms with E-state index >= 15 is 0 Å². The van der Waals surface area contributed by atoms with Gasteiger partial charge in [-0.05, 0) is 19.9 Å². The summed E-state index contributed by atoms with van der Waals surface area (Å²) in [5, 5.41) is 11.9. The van der Waals surface area contributed by atoms with Crippen molar-refractivity contribution < 1.29 is 23.0 Å². The molecule has 0 amide bonds. The monoisotopic (exact) mass is 263 g/mol. The number of para-hydroxylation sites is 1. The summed E-state index contributed by atoms with van der Waals surface area (Å²) in [6, 6.07) is 5.38. The van der Waals surface area contributed by atoms with Gasteiger partial charge in [0.2, 0.25) is 0 Å². The zero-order valence-electron chi connectivity index (χ0n) is 10.2. The lowest BCUT2D eigenvalue weighted by molar-refractivity contribution is -0.275. The van der Waals surface area contributed by atoms with Crippen molar-refractivity contribution in [1.29, 1.82) is 0 Å². The minimum atomic E-state index is -4.71. The molecule has 0 aliphatic heterocycles. The molecule has 0 bridgehead atoms. The highest BCUT2D eigenvalue weighted by atomic mass is 19.4. The highest BCUT2D eigenvalue weighted by Crippen LogP contribution is 2.30. The fraction of sp³-hybridized carbons (Fsp3) is 0.500. The van der Waals surface area contributed by atoms with Gasteiger partial charge in [0.25, 0.3) is 0 Å². The quantitative estimate of drug-likeness (QED) is 0.858. The van der Waals surface area contributed by atoms with Crippen molar-refractivity contribution in [2.45, 2.75) is 32.3 Å². The fourth-order valence-electron chi connectivity index (χ4n) is 1.63. The van der Waals surface area contributed by atoms with Crippen LogP contribution in [0, 0.1) is 0 Å². The lowest BCUT2D eigenvalue weighted by atomic mass is 10.1. The second-order valence-electron chi connectivity index (χ2n) is 4.06. The summed E-state index contributed by atoms with van der Waals surface area (Å²) >= 11 is 0. The molecule has 0 aliphatic rings. The molecule has 1 rings (SSSR count). The molecule has 2 N–H and O–H groups in total. The van der Waals surface area contributed by atoms with E-state index in [1.54, 1.807) is 26.0 Å². The summed E-state index contributed by atoms with van der Waals surface area (Å²) < 4.78 is 40.7. The molecule has 0 aliphatic carbocycles. The summed E-state index contributed by atoms with van der Waals surface area (Å²) in [6.07, 6.45) is -4.71. The largest absolute Gasteiger partial charge is 0.573 e. The summed E-state index contributed by atoms with van der Waals surface area (Å²) in [4.78, 5) is 0. The Labute approximate surface area is 104 Å². The van der Waals surface area contributed by atoms with Gasteiger partial charge in [-0.15, -0.1) is 13.2 Å². The van der Waals surface area contributed by atoms with Crippen LogP contribution in [0.2, 0.25) is 0 Å². The molecule has 0 saturated heterocycles. The van der Waals surface area contributed by atoms with E-state index in [0.717, 1.165) is 0 Å². The van der Waals surface area contributed by atoms with Crippen molar-refractivity contribution in [3.8, 4) is 5.75 Å². The highest BCUT2D eigenvalue weighted by molar-refractivity contribution is 5.35. The van der Waals surface area contributed by atoms with E-state index in [4.69, 9.17) is 5.11 Å². The van der Waals surface area contributed by atoms with E-state index in [2.05, 4.69) is 10.1 Å². The number of rotatable bonds is 5. The molecule has 2 unspecified atom stereocenters. The van der Waals surface area contributed by atoms with Gasteiger partial charge in [-0.2, -0.15) is 0 Å². The molecular weight excluding hydrogens is 247 g/mol. The first kappa shape index (κ1) is 14.8. The molecule has 0 fully saturated rings. The van der Waals surface area contributed by atoms with E-state index in [1.165, 1.54) is 12.1 Å². The standard InChI is InChI=1S/C12H16F3NO2/c1-8(7-17)16-9(2)10-5-3-4-6-11(10)18-12(13,14)15/h3-6,8-9,16-17H,7H2,1-2H3. The molecule has 2 atom stereocenters. The van der Waals surface area contributed by atoms with Crippen LogP contribution >= 0.6 is 0 Å². The molecule has 0 aromatic heterocycles. The molecule has 0 heterocycles. The number of aliphatic hydroxyl groups is 1. The molecule has 6 heteroatoms. The maximum absolute atomic E-state index is 12.2. The zero-order valence-corrected chi connectivity index (χ0v) is 10.2. The maximum atomic E-state index is 12.2. The average Bonchev–Trinajstić information content (AvgIpc) is 2.27. The van der Waals surface area contributed by atoms with E-state index in [-0.39, 0.29) is 24.4 Å². The van der Waals surface area contributed by atoms with Gasteiger partial charge in [-0.25, -0.2) is 0 Å². The van der Waals surface area contributed by atoms with Crippen LogP contribution in [0.5, 0.6) is 5.75 Å². The van der Waals surface area contributed by atoms with Gasteiger partial charge < -0.3 is 15.2 Å². The number of halogens is 3. The smallest absolute Gasteiger partial charge is 0.405 e. The Morgan fingerprint density at radius 1 is 1.28 bits per heavy atom. The first-order chi connectivity index (χ1) is 8.33. The molecular formula is C12H16F3NO2. The Morgan fingerprint density at radius 2 is 1.89 bits per heavy atom. The Hall–Kier alpha value is -1.27. The van der Waals surface area contributed by atoms with Crippen molar-refractivity contribution in [2.75, 3.05) is 6.61 Å². The maximum Gasteiger partial charge on any atom is 0.573 e. The van der Waals surface area contributed by atoms with Crippen LogP contribution in [0.4, 0.5) is 13.2 Å². The van der Waals surface area contributed by atoms with Gasteiger partial charge >= 0.3 is 6.36 Å². The Morgan fingerprint density at radius 3 is 2.44 bits per heavy atom. The number of ether oxygens (including phenoxy) is 1. The van der Waals surface area contributed by atoms with Gasteiger partial charge in [-0.3, -0.25) is 0 Å². The number of hydrogen-bond donors (Lipinski definition) is 2. The predicted molar refractivity (Wildman–Crippen MR) is 61.2 cm³/mol. The van der Waals surface area contributed by atoms with Gasteiger partial charge in [0, 0.05) is 17.6 Å². The van der Waals surface area contributed by atoms with Gasteiger partial charge in [-0.1, -0.05) is 18.2 Å². The third-order valence-corrected chi connectivity index (χ3v) is 2.42. The Kier molecular flexibility index (Phi) is 4.98. The highest BCUT2D eigenvalue weighted by Gasteiger charge is 2.32. The fourth-order valence-corrected chi connectivity index (χ4v) is 1.63. The topological polar surface area (TPSA) is 41.5 Å². The summed E-state index contributed by atoms with van der Waals surface area (Å²) in [5.74, 6) is -0.227. The average molecular weight is 263 g/mol. The second kappa shape index (κ2) is 6.06. The van der Waals surface area contributed by atoms with Gasteiger partial charge in [0.1, 0.15) is 5.75 Å². The summed E-state index contributed by atoms with van der Waals surface area (Å²) in [5.41, 5.74) is 0.398. The van der Waals surface area contributed by atoms with Crippen molar-refractivity contribution in [1.82, 2.24) is 5.32 Å². The van der Waals surface area contributed by atoms with Gasteiger partial charge in [0.15, 0.2) is 0 Å². The SMILES string of the molecule is CC(CO)NC(C)c1ccccc1OC(F)(F)F. The molecule has 102 valence electrons. The zero-order chi connectivity index (χ0) is 13.8. The van der Waals surface area contributed by atoms with Crippen molar-refractivity contribution >= 4 is 0 Å². The molecule has 3 nitrogen and oxygen atoms in total. The third-order valence-electron chi connectivity index (χ3n) is 2.42. The summed E-state index contributed by atoms with van der Waals surface area (Å²) in [6.45, 7) is 3.36. The number of benzene rings is 1. The predicted octanol–water partition coefficient (Wildman–Crippen LogP) is 2.62. The second-order valence-corrected chi connectivity index (χ2v) is 4.06.